The van der Waals surface area contributed by atoms with Gasteiger partial charge in [-0.15, -0.1) is 5.10 Å². The summed E-state index contributed by atoms with van der Waals surface area (Å²) >= 11 is 0. The number of anilines is 1. The highest BCUT2D eigenvalue weighted by Crippen LogP contribution is 2.22. The van der Waals surface area contributed by atoms with Gasteiger partial charge in [-0.2, -0.15) is 4.98 Å². The molecule has 2 heterocycles. The van der Waals surface area contributed by atoms with Crippen LogP contribution in [0.2, 0.25) is 0 Å². The van der Waals surface area contributed by atoms with Crippen LogP contribution in [0.4, 0.5) is 5.95 Å². The van der Waals surface area contributed by atoms with E-state index < -0.39 is 0 Å². The van der Waals surface area contributed by atoms with Gasteiger partial charge < -0.3 is 10.2 Å². The molecule has 1 aromatic carbocycles. The van der Waals surface area contributed by atoms with E-state index in [4.69, 9.17) is 0 Å². The van der Waals surface area contributed by atoms with E-state index in [2.05, 4.69) is 64.4 Å². The minimum Gasteiger partial charge on any atom is -0.337 e. The van der Waals surface area contributed by atoms with Crippen LogP contribution in [0.3, 0.4) is 0 Å². The molecule has 0 bridgehead atoms. The van der Waals surface area contributed by atoms with Crippen molar-refractivity contribution < 1.29 is 0 Å². The fourth-order valence-corrected chi connectivity index (χ4v) is 2.71. The lowest BCUT2D eigenvalue weighted by Crippen LogP contribution is -2.49. The van der Waals surface area contributed by atoms with E-state index in [1.165, 1.54) is 11.1 Å². The van der Waals surface area contributed by atoms with E-state index in [0.717, 1.165) is 37.0 Å². The Kier molecular flexibility index (Phi) is 3.44. The average Bonchev–Trinajstić information content (AvgIpc) is 2.88. The normalized spacial score (nSPS) is 19.4. The van der Waals surface area contributed by atoms with Gasteiger partial charge in [0.15, 0.2) is 5.82 Å². The van der Waals surface area contributed by atoms with Crippen LogP contribution in [-0.2, 0) is 0 Å². The van der Waals surface area contributed by atoms with Crippen LogP contribution >= 0.6 is 0 Å². The summed E-state index contributed by atoms with van der Waals surface area (Å²) in [6, 6.07) is 6.86. The lowest BCUT2D eigenvalue weighted by Gasteiger charge is -2.30. The Hall–Kier alpha value is -1.88. The second-order valence-electron chi connectivity index (χ2n) is 5.60. The minimum atomic E-state index is 0.479. The molecule has 0 aliphatic carbocycles. The van der Waals surface area contributed by atoms with Crippen molar-refractivity contribution in [3.8, 4) is 11.4 Å². The molecular weight excluding hydrogens is 250 g/mol. The molecule has 20 heavy (non-hydrogen) atoms. The Bertz CT molecular complexity index is 604. The highest BCUT2D eigenvalue weighted by Gasteiger charge is 2.19. The van der Waals surface area contributed by atoms with E-state index in [9.17, 15) is 0 Å². The molecule has 1 aliphatic rings. The summed E-state index contributed by atoms with van der Waals surface area (Å²) in [6.07, 6.45) is 0. The molecule has 2 N–H and O–H groups in total. The number of nitrogens with one attached hydrogen (secondary N) is 2. The van der Waals surface area contributed by atoms with Gasteiger partial charge >= 0.3 is 0 Å². The third-order valence-corrected chi connectivity index (χ3v) is 3.76. The number of aromatic amines is 1. The molecule has 0 amide bonds. The Labute approximate surface area is 119 Å². The van der Waals surface area contributed by atoms with Gasteiger partial charge in [-0.25, -0.2) is 0 Å². The van der Waals surface area contributed by atoms with Gasteiger partial charge in [0.1, 0.15) is 0 Å². The molecular formula is C15H21N5. The molecule has 1 fully saturated rings. The maximum absolute atomic E-state index is 4.66. The largest absolute Gasteiger partial charge is 0.337 e. The zero-order valence-electron chi connectivity index (χ0n) is 12.3. The van der Waals surface area contributed by atoms with E-state index in [-0.39, 0.29) is 0 Å². The van der Waals surface area contributed by atoms with E-state index in [0.29, 0.717) is 6.04 Å². The molecule has 3 rings (SSSR count). The smallest absolute Gasteiger partial charge is 0.245 e. The zero-order chi connectivity index (χ0) is 14.1. The Morgan fingerprint density at radius 1 is 1.30 bits per heavy atom. The van der Waals surface area contributed by atoms with Crippen molar-refractivity contribution in [2.75, 3.05) is 24.5 Å². The van der Waals surface area contributed by atoms with Crippen molar-refractivity contribution in [3.63, 3.8) is 0 Å². The van der Waals surface area contributed by atoms with Gasteiger partial charge in [-0.05, 0) is 26.3 Å². The van der Waals surface area contributed by atoms with Gasteiger partial charge in [0.25, 0.3) is 0 Å². The summed E-state index contributed by atoms with van der Waals surface area (Å²) < 4.78 is 0. The van der Waals surface area contributed by atoms with Crippen LogP contribution < -0.4 is 10.2 Å². The quantitative estimate of drug-likeness (QED) is 0.875. The number of piperazine rings is 1. The predicted octanol–water partition coefficient (Wildman–Crippen LogP) is 1.89. The molecule has 5 heteroatoms. The predicted molar refractivity (Wildman–Crippen MR) is 81.0 cm³/mol. The summed E-state index contributed by atoms with van der Waals surface area (Å²) in [5.41, 5.74) is 3.61. The fourth-order valence-electron chi connectivity index (χ4n) is 2.71. The standard InChI is InChI=1S/C15H21N5/c1-10-4-5-13(11(2)8-10)14-17-15(19-18-14)20-7-6-16-12(3)9-20/h4-5,8,12,16H,6-7,9H2,1-3H3,(H,17,18,19)/t12-/m1/s1. The molecule has 1 saturated heterocycles. The molecule has 0 saturated carbocycles. The van der Waals surface area contributed by atoms with Crippen molar-refractivity contribution in [2.24, 2.45) is 0 Å². The van der Waals surface area contributed by atoms with Gasteiger partial charge in [-0.3, -0.25) is 5.10 Å². The second kappa shape index (κ2) is 5.25. The monoisotopic (exact) mass is 271 g/mol. The van der Waals surface area contributed by atoms with Crippen LogP contribution in [0.15, 0.2) is 18.2 Å². The highest BCUT2D eigenvalue weighted by atomic mass is 15.4. The number of hydrogen-bond acceptors (Lipinski definition) is 4. The molecule has 2 aromatic rings. The summed E-state index contributed by atoms with van der Waals surface area (Å²) in [5.74, 6) is 1.65. The molecule has 0 radical (unpaired) electrons. The maximum Gasteiger partial charge on any atom is 0.245 e. The molecule has 0 unspecified atom stereocenters. The average molecular weight is 271 g/mol. The third kappa shape index (κ3) is 2.54. The first-order valence-electron chi connectivity index (χ1n) is 7.12. The number of rotatable bonds is 2. The van der Waals surface area contributed by atoms with Crippen LogP contribution in [0.25, 0.3) is 11.4 Å². The lowest BCUT2D eigenvalue weighted by molar-refractivity contribution is 0.480. The number of hydrogen-bond donors (Lipinski definition) is 2. The first-order chi connectivity index (χ1) is 9.63. The molecule has 1 aliphatic heterocycles. The van der Waals surface area contributed by atoms with Crippen LogP contribution in [0.5, 0.6) is 0 Å². The highest BCUT2D eigenvalue weighted by molar-refractivity contribution is 5.61. The molecule has 5 nitrogen and oxygen atoms in total. The second-order valence-corrected chi connectivity index (χ2v) is 5.60. The number of benzene rings is 1. The number of aryl methyl sites for hydroxylation is 2. The summed E-state index contributed by atoms with van der Waals surface area (Å²) in [7, 11) is 0. The first-order valence-corrected chi connectivity index (χ1v) is 7.12. The Morgan fingerprint density at radius 3 is 2.90 bits per heavy atom. The van der Waals surface area contributed by atoms with Crippen molar-refractivity contribution in [1.82, 2.24) is 20.5 Å². The van der Waals surface area contributed by atoms with Crippen molar-refractivity contribution in [2.45, 2.75) is 26.8 Å². The van der Waals surface area contributed by atoms with E-state index >= 15 is 0 Å². The number of aromatic nitrogens is 3. The van der Waals surface area contributed by atoms with Gasteiger partial charge in [0.05, 0.1) is 0 Å². The van der Waals surface area contributed by atoms with E-state index in [1.807, 2.05) is 0 Å². The first kappa shape index (κ1) is 13.1. The topological polar surface area (TPSA) is 56.8 Å². The fraction of sp³-hybridized carbons (Fsp3) is 0.467. The van der Waals surface area contributed by atoms with Crippen LogP contribution in [-0.4, -0.2) is 40.9 Å². The van der Waals surface area contributed by atoms with Crippen molar-refractivity contribution in [3.05, 3.63) is 29.3 Å². The molecule has 1 aromatic heterocycles. The van der Waals surface area contributed by atoms with Crippen molar-refractivity contribution in [1.29, 1.82) is 0 Å². The van der Waals surface area contributed by atoms with Crippen molar-refractivity contribution >= 4 is 5.95 Å². The Balaban J connectivity index is 1.86. The summed E-state index contributed by atoms with van der Waals surface area (Å²) in [4.78, 5) is 6.89. The van der Waals surface area contributed by atoms with Gasteiger partial charge in [-0.1, -0.05) is 23.8 Å². The number of H-pyrrole nitrogens is 1. The van der Waals surface area contributed by atoms with Gasteiger partial charge in [0.2, 0.25) is 5.95 Å². The molecule has 106 valence electrons. The van der Waals surface area contributed by atoms with Crippen LogP contribution in [0.1, 0.15) is 18.1 Å². The SMILES string of the molecule is Cc1ccc(-c2nc(N3CCN[C@H](C)C3)n[nH]2)c(C)c1. The lowest BCUT2D eigenvalue weighted by atomic mass is 10.1. The zero-order valence-corrected chi connectivity index (χ0v) is 12.3. The van der Waals surface area contributed by atoms with Gasteiger partial charge in [0, 0.05) is 31.2 Å². The Morgan fingerprint density at radius 2 is 2.15 bits per heavy atom. The third-order valence-electron chi connectivity index (χ3n) is 3.76. The molecule has 0 spiro atoms. The molecule has 1 atom stereocenters. The van der Waals surface area contributed by atoms with E-state index in [1.54, 1.807) is 0 Å². The van der Waals surface area contributed by atoms with Crippen LogP contribution in [0, 0.1) is 13.8 Å². The maximum atomic E-state index is 4.66. The number of nitrogens with zero attached hydrogens (tertiary/aromatic N) is 3. The minimum absolute atomic E-state index is 0.479. The summed E-state index contributed by atoms with van der Waals surface area (Å²) in [6.45, 7) is 9.28. The summed E-state index contributed by atoms with van der Waals surface area (Å²) in [5, 5.41) is 10.9.